The summed E-state index contributed by atoms with van der Waals surface area (Å²) in [5, 5.41) is 8.41. The summed E-state index contributed by atoms with van der Waals surface area (Å²) >= 11 is 6.85. The summed E-state index contributed by atoms with van der Waals surface area (Å²) in [6.45, 7) is 1.01. The van der Waals surface area contributed by atoms with E-state index in [1.54, 1.807) is 23.2 Å². The van der Waals surface area contributed by atoms with Gasteiger partial charge >= 0.3 is 0 Å². The molecule has 0 radical (unpaired) electrons. The highest BCUT2D eigenvalue weighted by Crippen LogP contribution is 2.18. The number of carbonyl (C=O) groups excluding carboxylic acids is 1. The first kappa shape index (κ1) is 22.9. The minimum atomic E-state index is -0.380. The van der Waals surface area contributed by atoms with E-state index in [-0.39, 0.29) is 5.91 Å². The van der Waals surface area contributed by atoms with Crippen molar-refractivity contribution in [1.82, 2.24) is 15.2 Å². The van der Waals surface area contributed by atoms with Crippen molar-refractivity contribution in [2.45, 2.75) is 13.2 Å². The molecule has 0 aliphatic carbocycles. The van der Waals surface area contributed by atoms with Gasteiger partial charge in [0.1, 0.15) is 12.4 Å². The number of halogens is 2. The van der Waals surface area contributed by atoms with Gasteiger partial charge in [-0.1, -0.05) is 68.3 Å². The minimum absolute atomic E-state index is 0.295. The molecule has 8 heteroatoms. The molecule has 1 N–H and O–H groups in total. The van der Waals surface area contributed by atoms with Gasteiger partial charge in [0.2, 0.25) is 0 Å². The van der Waals surface area contributed by atoms with Crippen molar-refractivity contribution < 1.29 is 9.53 Å². The first-order valence-electron chi connectivity index (χ1n) is 10.1. The van der Waals surface area contributed by atoms with Crippen LogP contribution in [-0.2, 0) is 13.2 Å². The predicted octanol–water partition coefficient (Wildman–Crippen LogP) is 5.80. The molecular weight excluding hydrogens is 548 g/mol. The number of nitrogens with one attached hydrogen (secondary N) is 1. The number of nitrogens with zero attached hydrogens (tertiary/aromatic N) is 3. The molecule has 0 saturated carbocycles. The Kier molecular flexibility index (Phi) is 7.70. The van der Waals surface area contributed by atoms with E-state index in [1.807, 2.05) is 72.8 Å². The lowest BCUT2D eigenvalue weighted by molar-refractivity contribution is 0.0949. The lowest BCUT2D eigenvalue weighted by Gasteiger charge is -2.09. The van der Waals surface area contributed by atoms with Crippen LogP contribution in [0, 0.1) is 0 Å². The molecule has 0 aliphatic rings. The Balaban J connectivity index is 1.34. The van der Waals surface area contributed by atoms with E-state index in [1.165, 1.54) is 0 Å². The molecule has 1 aromatic heterocycles. The second-order valence-corrected chi connectivity index (χ2v) is 9.01. The van der Waals surface area contributed by atoms with Crippen molar-refractivity contribution in [3.8, 4) is 5.75 Å². The van der Waals surface area contributed by atoms with Crippen LogP contribution in [-0.4, -0.2) is 21.9 Å². The first-order chi connectivity index (χ1) is 16.1. The molecular formula is C25H20Br2N4O2. The average Bonchev–Trinajstić information content (AvgIpc) is 3.29. The summed E-state index contributed by atoms with van der Waals surface area (Å²) < 4.78 is 9.69. The fraction of sp³-hybridized carbons (Fsp3) is 0.0800. The molecule has 0 spiro atoms. The van der Waals surface area contributed by atoms with E-state index in [4.69, 9.17) is 4.74 Å². The Labute approximate surface area is 208 Å². The highest BCUT2D eigenvalue weighted by Gasteiger charge is 2.09. The summed E-state index contributed by atoms with van der Waals surface area (Å²) in [5.74, 6) is 0.297. The van der Waals surface area contributed by atoms with E-state index >= 15 is 0 Å². The molecule has 0 aliphatic heterocycles. The van der Waals surface area contributed by atoms with Gasteiger partial charge in [0.05, 0.1) is 12.8 Å². The zero-order chi connectivity index (χ0) is 23.0. The SMILES string of the molecule is O=C(N/N=C\c1ccccc1OCc1ccc(Br)cc1)c1ccn(Cc2ccc(Br)cc2)n1. The second kappa shape index (κ2) is 11.1. The lowest BCUT2D eigenvalue weighted by atomic mass is 10.2. The number of amides is 1. The van der Waals surface area contributed by atoms with Gasteiger partial charge in [0.15, 0.2) is 5.69 Å². The molecule has 0 atom stereocenters. The molecule has 6 nitrogen and oxygen atoms in total. The van der Waals surface area contributed by atoms with Crippen LogP contribution in [0.15, 0.2) is 99.1 Å². The Bertz CT molecular complexity index is 1250. The first-order valence-corrected chi connectivity index (χ1v) is 11.7. The summed E-state index contributed by atoms with van der Waals surface area (Å²) in [4.78, 5) is 12.4. The molecule has 0 bridgehead atoms. The van der Waals surface area contributed by atoms with Gasteiger partial charge in [-0.3, -0.25) is 9.48 Å². The Morgan fingerprint density at radius 1 is 0.939 bits per heavy atom. The number of benzene rings is 3. The van der Waals surface area contributed by atoms with Crippen molar-refractivity contribution >= 4 is 44.0 Å². The third kappa shape index (κ3) is 6.63. The highest BCUT2D eigenvalue weighted by molar-refractivity contribution is 9.10. The minimum Gasteiger partial charge on any atom is -0.488 e. The molecule has 33 heavy (non-hydrogen) atoms. The Hall–Kier alpha value is -3.23. The third-order valence-corrected chi connectivity index (χ3v) is 5.78. The molecule has 1 heterocycles. The summed E-state index contributed by atoms with van der Waals surface area (Å²) in [5.41, 5.74) is 5.72. The van der Waals surface area contributed by atoms with Gasteiger partial charge < -0.3 is 4.74 Å². The Morgan fingerprint density at radius 2 is 1.61 bits per heavy atom. The van der Waals surface area contributed by atoms with E-state index in [0.29, 0.717) is 24.6 Å². The predicted molar refractivity (Wildman–Crippen MR) is 135 cm³/mol. The molecule has 166 valence electrons. The number of hydrogen-bond acceptors (Lipinski definition) is 4. The fourth-order valence-electron chi connectivity index (χ4n) is 3.03. The van der Waals surface area contributed by atoms with Gasteiger partial charge in [-0.25, -0.2) is 5.43 Å². The molecule has 4 aromatic rings. The van der Waals surface area contributed by atoms with Gasteiger partial charge in [-0.05, 0) is 53.6 Å². The zero-order valence-corrected chi connectivity index (χ0v) is 20.7. The summed E-state index contributed by atoms with van der Waals surface area (Å²) in [7, 11) is 0. The van der Waals surface area contributed by atoms with Crippen molar-refractivity contribution in [3.63, 3.8) is 0 Å². The van der Waals surface area contributed by atoms with E-state index < -0.39 is 0 Å². The van der Waals surface area contributed by atoms with E-state index in [9.17, 15) is 4.79 Å². The molecule has 0 fully saturated rings. The van der Waals surface area contributed by atoms with Crippen LogP contribution in [0.3, 0.4) is 0 Å². The molecule has 0 saturated heterocycles. The van der Waals surface area contributed by atoms with Crippen molar-refractivity contribution in [2.75, 3.05) is 0 Å². The van der Waals surface area contributed by atoms with Crippen molar-refractivity contribution in [2.24, 2.45) is 5.10 Å². The molecule has 1 amide bonds. The maximum atomic E-state index is 12.4. The number of hydrogen-bond donors (Lipinski definition) is 1. The third-order valence-electron chi connectivity index (χ3n) is 4.73. The van der Waals surface area contributed by atoms with Crippen LogP contribution < -0.4 is 10.2 Å². The van der Waals surface area contributed by atoms with Crippen LogP contribution in [0.4, 0.5) is 0 Å². The maximum absolute atomic E-state index is 12.4. The Morgan fingerprint density at radius 3 is 2.33 bits per heavy atom. The quantitative estimate of drug-likeness (QED) is 0.216. The fourth-order valence-corrected chi connectivity index (χ4v) is 3.55. The van der Waals surface area contributed by atoms with Crippen LogP contribution in [0.5, 0.6) is 5.75 Å². The smallest absolute Gasteiger partial charge is 0.291 e. The number of rotatable bonds is 8. The summed E-state index contributed by atoms with van der Waals surface area (Å²) in [6.07, 6.45) is 3.33. The standard InChI is InChI=1S/C25H20Br2N4O2/c26-21-9-5-18(6-10-21)16-31-14-13-23(30-31)25(32)29-28-15-20-3-1-2-4-24(20)33-17-19-7-11-22(27)12-8-19/h1-15H,16-17H2,(H,29,32)/b28-15-. The lowest BCUT2D eigenvalue weighted by Crippen LogP contribution is -2.18. The van der Waals surface area contributed by atoms with Gasteiger partial charge in [-0.2, -0.15) is 10.2 Å². The average molecular weight is 568 g/mol. The normalized spacial score (nSPS) is 11.0. The number of hydrazone groups is 1. The van der Waals surface area contributed by atoms with Crippen molar-refractivity contribution in [1.29, 1.82) is 0 Å². The largest absolute Gasteiger partial charge is 0.488 e. The maximum Gasteiger partial charge on any atom is 0.291 e. The number of carbonyl (C=O) groups is 1. The number of aromatic nitrogens is 2. The van der Waals surface area contributed by atoms with Crippen molar-refractivity contribution in [3.05, 3.63) is 116 Å². The van der Waals surface area contributed by atoms with Gasteiger partial charge in [-0.15, -0.1) is 0 Å². The second-order valence-electron chi connectivity index (χ2n) is 7.18. The molecule has 3 aromatic carbocycles. The monoisotopic (exact) mass is 566 g/mol. The van der Waals surface area contributed by atoms with E-state index in [2.05, 4.69) is 47.5 Å². The van der Waals surface area contributed by atoms with Gasteiger partial charge in [0.25, 0.3) is 5.91 Å². The van der Waals surface area contributed by atoms with Crippen LogP contribution in [0.2, 0.25) is 0 Å². The highest BCUT2D eigenvalue weighted by atomic mass is 79.9. The number of ether oxygens (including phenoxy) is 1. The van der Waals surface area contributed by atoms with Gasteiger partial charge in [0, 0.05) is 20.7 Å². The molecule has 0 unspecified atom stereocenters. The summed E-state index contributed by atoms with van der Waals surface area (Å²) in [6, 6.07) is 25.1. The van der Waals surface area contributed by atoms with Crippen LogP contribution in [0.1, 0.15) is 27.2 Å². The number of para-hydroxylation sites is 1. The zero-order valence-electron chi connectivity index (χ0n) is 17.5. The topological polar surface area (TPSA) is 68.5 Å². The van der Waals surface area contributed by atoms with E-state index in [0.717, 1.165) is 25.6 Å². The van der Waals surface area contributed by atoms with Crippen LogP contribution >= 0.6 is 31.9 Å². The van der Waals surface area contributed by atoms with Crippen LogP contribution in [0.25, 0.3) is 0 Å². The molecule has 4 rings (SSSR count).